The van der Waals surface area contributed by atoms with Gasteiger partial charge in [-0.2, -0.15) is 0 Å². The molecule has 4 nitrogen and oxygen atoms in total. The van der Waals surface area contributed by atoms with Gasteiger partial charge in [-0.1, -0.05) is 28.1 Å². The molecule has 0 radical (unpaired) electrons. The van der Waals surface area contributed by atoms with E-state index in [0.29, 0.717) is 11.3 Å². The van der Waals surface area contributed by atoms with E-state index in [1.165, 1.54) is 19.1 Å². The number of hydrogen-bond acceptors (Lipinski definition) is 3. The maximum atomic E-state index is 12.3. The lowest BCUT2D eigenvalue weighted by molar-refractivity contribution is 0.101. The van der Waals surface area contributed by atoms with E-state index in [1.807, 2.05) is 6.92 Å². The van der Waals surface area contributed by atoms with Gasteiger partial charge in [0.25, 0.3) is 10.0 Å². The maximum Gasteiger partial charge on any atom is 0.261 e. The molecule has 1 N–H and O–H groups in total. The summed E-state index contributed by atoms with van der Waals surface area (Å²) in [5.41, 5.74) is 1.77. The molecule has 0 aliphatic carbocycles. The van der Waals surface area contributed by atoms with Gasteiger partial charge in [0.2, 0.25) is 0 Å². The predicted molar refractivity (Wildman–Crippen MR) is 86.1 cm³/mol. The number of carbonyl (C=O) groups excluding carboxylic acids is 1. The zero-order valence-corrected chi connectivity index (χ0v) is 14.0. The second kappa shape index (κ2) is 5.99. The van der Waals surface area contributed by atoms with Gasteiger partial charge in [0.1, 0.15) is 0 Å². The van der Waals surface area contributed by atoms with Crippen molar-refractivity contribution in [3.8, 4) is 0 Å². The van der Waals surface area contributed by atoms with Crippen molar-refractivity contribution in [1.82, 2.24) is 0 Å². The molecular formula is C15H14BrNO3S. The molecule has 0 amide bonds. The van der Waals surface area contributed by atoms with Gasteiger partial charge in [-0.15, -0.1) is 0 Å². The van der Waals surface area contributed by atoms with Crippen molar-refractivity contribution in [2.75, 3.05) is 4.72 Å². The molecule has 0 saturated carbocycles. The van der Waals surface area contributed by atoms with Crippen LogP contribution in [0.1, 0.15) is 22.8 Å². The topological polar surface area (TPSA) is 63.2 Å². The van der Waals surface area contributed by atoms with Crippen LogP contribution >= 0.6 is 15.9 Å². The zero-order valence-electron chi connectivity index (χ0n) is 11.6. The summed E-state index contributed by atoms with van der Waals surface area (Å²) in [5.74, 6) is -0.175. The molecule has 0 aromatic heterocycles. The first-order valence-corrected chi connectivity index (χ1v) is 8.47. The van der Waals surface area contributed by atoms with E-state index in [2.05, 4.69) is 20.7 Å². The SMILES string of the molecule is CC(=O)c1cccc(S(=O)(=O)Nc2ccc(Br)c(C)c2)c1. The van der Waals surface area contributed by atoms with Crippen molar-refractivity contribution in [3.63, 3.8) is 0 Å². The summed E-state index contributed by atoms with van der Waals surface area (Å²) in [7, 11) is -3.72. The minimum absolute atomic E-state index is 0.0655. The lowest BCUT2D eigenvalue weighted by Crippen LogP contribution is -2.13. The van der Waals surface area contributed by atoms with Crippen LogP contribution in [-0.2, 0) is 10.0 Å². The molecule has 2 aromatic rings. The van der Waals surface area contributed by atoms with Gasteiger partial charge in [0.05, 0.1) is 4.90 Å². The molecule has 0 bridgehead atoms. The van der Waals surface area contributed by atoms with Gasteiger partial charge in [-0.05, 0) is 49.7 Å². The fourth-order valence-electron chi connectivity index (χ4n) is 1.80. The van der Waals surface area contributed by atoms with Crippen molar-refractivity contribution in [3.05, 3.63) is 58.1 Å². The number of Topliss-reactive ketones (excluding diaryl/α,β-unsaturated/α-hetero) is 1. The highest BCUT2D eigenvalue weighted by atomic mass is 79.9. The van der Waals surface area contributed by atoms with Crippen LogP contribution < -0.4 is 4.72 Å². The third-order valence-electron chi connectivity index (χ3n) is 2.96. The number of benzene rings is 2. The molecule has 0 saturated heterocycles. The van der Waals surface area contributed by atoms with Crippen LogP contribution in [-0.4, -0.2) is 14.2 Å². The Morgan fingerprint density at radius 2 is 1.86 bits per heavy atom. The molecule has 110 valence electrons. The molecular weight excluding hydrogens is 354 g/mol. The van der Waals surface area contributed by atoms with Crippen molar-refractivity contribution in [2.24, 2.45) is 0 Å². The molecule has 2 rings (SSSR count). The third-order valence-corrected chi connectivity index (χ3v) is 5.23. The van der Waals surface area contributed by atoms with Gasteiger partial charge in [-0.25, -0.2) is 8.42 Å². The van der Waals surface area contributed by atoms with Crippen LogP contribution in [0.2, 0.25) is 0 Å². The Hall–Kier alpha value is -1.66. The number of aryl methyl sites for hydroxylation is 1. The monoisotopic (exact) mass is 367 g/mol. The number of nitrogens with one attached hydrogen (secondary N) is 1. The minimum Gasteiger partial charge on any atom is -0.295 e. The quantitative estimate of drug-likeness (QED) is 0.836. The van der Waals surface area contributed by atoms with E-state index in [4.69, 9.17) is 0 Å². The summed E-state index contributed by atoms with van der Waals surface area (Å²) in [4.78, 5) is 11.4. The predicted octanol–water partition coefficient (Wildman–Crippen LogP) is 3.76. The maximum absolute atomic E-state index is 12.3. The number of halogens is 1. The van der Waals surface area contributed by atoms with Gasteiger partial charge in [0, 0.05) is 15.7 Å². The second-order valence-electron chi connectivity index (χ2n) is 4.65. The normalized spacial score (nSPS) is 11.2. The van der Waals surface area contributed by atoms with Gasteiger partial charge in [-0.3, -0.25) is 9.52 Å². The standard InChI is InChI=1S/C15H14BrNO3S/c1-10-8-13(6-7-15(10)16)17-21(19,20)14-5-3-4-12(9-14)11(2)18/h3-9,17H,1-2H3. The fourth-order valence-corrected chi connectivity index (χ4v) is 3.15. The first-order valence-electron chi connectivity index (χ1n) is 6.19. The van der Waals surface area contributed by atoms with E-state index in [1.54, 1.807) is 30.3 Å². The Labute approximate surface area is 132 Å². The summed E-state index contributed by atoms with van der Waals surface area (Å²) in [5, 5.41) is 0. The molecule has 21 heavy (non-hydrogen) atoms. The van der Waals surface area contributed by atoms with Crippen molar-refractivity contribution < 1.29 is 13.2 Å². The summed E-state index contributed by atoms with van der Waals surface area (Å²) in [6.45, 7) is 3.27. The highest BCUT2D eigenvalue weighted by Gasteiger charge is 2.15. The first kappa shape index (κ1) is 15.7. The van der Waals surface area contributed by atoms with Crippen LogP contribution in [0.3, 0.4) is 0 Å². The molecule has 2 aromatic carbocycles. The van der Waals surface area contributed by atoms with Gasteiger partial charge >= 0.3 is 0 Å². The van der Waals surface area contributed by atoms with Gasteiger partial charge < -0.3 is 0 Å². The van der Waals surface area contributed by atoms with E-state index in [9.17, 15) is 13.2 Å². The summed E-state index contributed by atoms with van der Waals surface area (Å²) in [6.07, 6.45) is 0. The fraction of sp³-hybridized carbons (Fsp3) is 0.133. The number of rotatable bonds is 4. The van der Waals surface area contributed by atoms with Crippen molar-refractivity contribution >= 4 is 37.4 Å². The zero-order chi connectivity index (χ0) is 15.6. The van der Waals surface area contributed by atoms with Crippen molar-refractivity contribution in [2.45, 2.75) is 18.7 Å². The van der Waals surface area contributed by atoms with Crippen LogP contribution in [0.25, 0.3) is 0 Å². The summed E-state index contributed by atoms with van der Waals surface area (Å²) >= 11 is 3.36. The van der Waals surface area contributed by atoms with E-state index in [0.717, 1.165) is 10.0 Å². The molecule has 0 aliphatic heterocycles. The Morgan fingerprint density at radius 1 is 1.14 bits per heavy atom. The molecule has 0 heterocycles. The largest absolute Gasteiger partial charge is 0.295 e. The number of anilines is 1. The smallest absolute Gasteiger partial charge is 0.261 e. The highest BCUT2D eigenvalue weighted by molar-refractivity contribution is 9.10. The second-order valence-corrected chi connectivity index (χ2v) is 7.19. The molecule has 0 spiro atoms. The van der Waals surface area contributed by atoms with E-state index < -0.39 is 10.0 Å². The Morgan fingerprint density at radius 3 is 2.48 bits per heavy atom. The number of hydrogen-bond donors (Lipinski definition) is 1. The highest BCUT2D eigenvalue weighted by Crippen LogP contribution is 2.22. The van der Waals surface area contributed by atoms with Crippen LogP contribution in [0.15, 0.2) is 51.8 Å². The Kier molecular flexibility index (Phi) is 4.49. The summed E-state index contributed by atoms with van der Waals surface area (Å²) in [6, 6.07) is 11.2. The van der Waals surface area contributed by atoms with E-state index in [-0.39, 0.29) is 10.7 Å². The molecule has 0 fully saturated rings. The average molecular weight is 368 g/mol. The van der Waals surface area contributed by atoms with E-state index >= 15 is 0 Å². The summed E-state index contributed by atoms with van der Waals surface area (Å²) < 4.78 is 28.1. The molecule has 0 unspecified atom stereocenters. The Bertz CT molecular complexity index is 800. The van der Waals surface area contributed by atoms with Crippen LogP contribution in [0.5, 0.6) is 0 Å². The van der Waals surface area contributed by atoms with Crippen LogP contribution in [0.4, 0.5) is 5.69 Å². The lowest BCUT2D eigenvalue weighted by Gasteiger charge is -2.10. The lowest BCUT2D eigenvalue weighted by atomic mass is 10.2. The molecule has 6 heteroatoms. The number of sulfonamides is 1. The Balaban J connectivity index is 2.36. The molecule has 0 aliphatic rings. The number of ketones is 1. The van der Waals surface area contributed by atoms with Crippen molar-refractivity contribution in [1.29, 1.82) is 0 Å². The number of carbonyl (C=O) groups is 1. The minimum atomic E-state index is -3.72. The third kappa shape index (κ3) is 3.71. The average Bonchev–Trinajstić information content (AvgIpc) is 2.43. The van der Waals surface area contributed by atoms with Crippen LogP contribution in [0, 0.1) is 6.92 Å². The first-order chi connectivity index (χ1) is 9.79. The van der Waals surface area contributed by atoms with Gasteiger partial charge in [0.15, 0.2) is 5.78 Å². The molecule has 0 atom stereocenters.